The van der Waals surface area contributed by atoms with Crippen LogP contribution >= 0.6 is 0 Å². The van der Waals surface area contributed by atoms with E-state index in [1.165, 1.54) is 17.0 Å². The van der Waals surface area contributed by atoms with E-state index in [2.05, 4.69) is 5.32 Å². The molecule has 3 aromatic carbocycles. The molecule has 0 aliphatic rings. The molecule has 0 saturated carbocycles. The Bertz CT molecular complexity index is 1300. The summed E-state index contributed by atoms with van der Waals surface area (Å²) >= 11 is 0. The molecule has 3 aromatic rings. The van der Waals surface area contributed by atoms with Gasteiger partial charge in [0.1, 0.15) is 18.4 Å². The minimum atomic E-state index is -3.82. The molecule has 38 heavy (non-hydrogen) atoms. The Morgan fingerprint density at radius 2 is 1.47 bits per heavy atom. The lowest BCUT2D eigenvalue weighted by molar-refractivity contribution is -0.140. The monoisotopic (exact) mass is 539 g/mol. The first-order chi connectivity index (χ1) is 18.1. The van der Waals surface area contributed by atoms with Crippen LogP contribution in [0.1, 0.15) is 31.4 Å². The predicted molar refractivity (Wildman–Crippen MR) is 147 cm³/mol. The molecule has 0 fully saturated rings. The van der Waals surface area contributed by atoms with Gasteiger partial charge in [0.25, 0.3) is 0 Å². The molecule has 0 radical (unpaired) electrons. The number of anilines is 1. The van der Waals surface area contributed by atoms with Crippen molar-refractivity contribution in [1.82, 2.24) is 10.2 Å². The lowest BCUT2D eigenvalue weighted by atomic mass is 10.0. The summed E-state index contributed by atoms with van der Waals surface area (Å²) in [5, 5.41) is 2.97. The number of para-hydroxylation sites is 1. The second-order valence-corrected chi connectivity index (χ2v) is 11.2. The van der Waals surface area contributed by atoms with Gasteiger partial charge in [-0.25, -0.2) is 12.8 Å². The molecule has 0 aliphatic heterocycles. The topological polar surface area (TPSA) is 86.8 Å². The molecule has 202 valence electrons. The fourth-order valence-electron chi connectivity index (χ4n) is 3.99. The smallest absolute Gasteiger partial charge is 0.244 e. The van der Waals surface area contributed by atoms with Crippen molar-refractivity contribution in [3.63, 3.8) is 0 Å². The van der Waals surface area contributed by atoms with Gasteiger partial charge in [-0.15, -0.1) is 0 Å². The normalized spacial score (nSPS) is 12.8. The maximum atomic E-state index is 13.9. The number of hydrogen-bond donors (Lipinski definition) is 1. The van der Waals surface area contributed by atoms with Crippen molar-refractivity contribution in [2.24, 2.45) is 0 Å². The van der Waals surface area contributed by atoms with E-state index in [1.807, 2.05) is 44.2 Å². The summed E-state index contributed by atoms with van der Waals surface area (Å²) in [6, 6.07) is 22.3. The van der Waals surface area contributed by atoms with Crippen molar-refractivity contribution in [3.8, 4) is 0 Å². The summed E-state index contributed by atoms with van der Waals surface area (Å²) in [7, 11) is -3.82. The van der Waals surface area contributed by atoms with Crippen LogP contribution in [-0.2, 0) is 32.6 Å². The third-order valence-corrected chi connectivity index (χ3v) is 7.40. The summed E-state index contributed by atoms with van der Waals surface area (Å²) in [4.78, 5) is 28.9. The second-order valence-electron chi connectivity index (χ2n) is 9.28. The number of rotatable bonds is 12. The SMILES string of the molecule is CC[C@@H](C)NC(=O)[C@H](Cc1ccccc1)N(Cc1ccc(F)cc1)C(=O)CN(c1ccccc1)S(C)(=O)=O. The van der Waals surface area contributed by atoms with E-state index in [9.17, 15) is 22.4 Å². The molecule has 9 heteroatoms. The molecule has 2 amide bonds. The molecule has 0 saturated heterocycles. The van der Waals surface area contributed by atoms with E-state index in [-0.39, 0.29) is 24.9 Å². The molecule has 0 aliphatic carbocycles. The van der Waals surface area contributed by atoms with E-state index in [0.29, 0.717) is 17.7 Å². The van der Waals surface area contributed by atoms with Crippen molar-refractivity contribution in [3.05, 3.63) is 102 Å². The Kier molecular flexibility index (Phi) is 10.0. The van der Waals surface area contributed by atoms with E-state index in [4.69, 9.17) is 0 Å². The summed E-state index contributed by atoms with van der Waals surface area (Å²) in [5.41, 5.74) is 1.80. The third-order valence-electron chi connectivity index (χ3n) is 6.26. The van der Waals surface area contributed by atoms with Crippen LogP contribution in [-0.4, -0.2) is 50.0 Å². The van der Waals surface area contributed by atoms with E-state index in [1.54, 1.807) is 42.5 Å². The maximum absolute atomic E-state index is 13.9. The van der Waals surface area contributed by atoms with Gasteiger partial charge in [-0.1, -0.05) is 67.6 Å². The zero-order chi connectivity index (χ0) is 27.7. The second kappa shape index (κ2) is 13.2. The number of hydrogen-bond acceptors (Lipinski definition) is 4. The van der Waals surface area contributed by atoms with Gasteiger partial charge >= 0.3 is 0 Å². The van der Waals surface area contributed by atoms with Crippen LogP contribution < -0.4 is 9.62 Å². The first-order valence-electron chi connectivity index (χ1n) is 12.5. The summed E-state index contributed by atoms with van der Waals surface area (Å²) in [6.45, 7) is 3.33. The Balaban J connectivity index is 2.03. The highest BCUT2D eigenvalue weighted by Gasteiger charge is 2.33. The lowest BCUT2D eigenvalue weighted by Crippen LogP contribution is -2.54. The van der Waals surface area contributed by atoms with Crippen LogP contribution in [0.15, 0.2) is 84.9 Å². The highest BCUT2D eigenvalue weighted by Crippen LogP contribution is 2.20. The van der Waals surface area contributed by atoms with Gasteiger partial charge in [-0.3, -0.25) is 13.9 Å². The number of benzene rings is 3. The average molecular weight is 540 g/mol. The molecule has 0 aromatic heterocycles. The Morgan fingerprint density at radius 1 is 0.895 bits per heavy atom. The average Bonchev–Trinajstić information content (AvgIpc) is 2.90. The lowest BCUT2D eigenvalue weighted by Gasteiger charge is -2.34. The molecule has 0 unspecified atom stereocenters. The molecule has 1 N–H and O–H groups in total. The fraction of sp³-hybridized carbons (Fsp3) is 0.310. The first kappa shape index (κ1) is 28.8. The molecule has 0 heterocycles. The van der Waals surface area contributed by atoms with E-state index < -0.39 is 34.3 Å². The highest BCUT2D eigenvalue weighted by molar-refractivity contribution is 7.92. The number of nitrogens with zero attached hydrogens (tertiary/aromatic N) is 2. The number of halogens is 1. The van der Waals surface area contributed by atoms with Crippen LogP contribution in [0.2, 0.25) is 0 Å². The standard InChI is InChI=1S/C29H34FN3O4S/c1-4-22(2)31-29(35)27(19-23-11-7-5-8-12-23)32(20-24-15-17-25(30)18-16-24)28(34)21-33(38(3,36)37)26-13-9-6-10-14-26/h5-18,22,27H,4,19-21H2,1-3H3,(H,31,35)/t22-,27+/m1/s1. The van der Waals surface area contributed by atoms with Crippen LogP contribution in [0.4, 0.5) is 10.1 Å². The largest absolute Gasteiger partial charge is 0.352 e. The van der Waals surface area contributed by atoms with Gasteiger partial charge in [0.2, 0.25) is 21.8 Å². The van der Waals surface area contributed by atoms with Crippen LogP contribution in [0, 0.1) is 5.82 Å². The Labute approximate surface area is 224 Å². The van der Waals surface area contributed by atoms with Gasteiger partial charge in [0, 0.05) is 19.0 Å². The molecular weight excluding hydrogens is 505 g/mol. The Morgan fingerprint density at radius 3 is 2.03 bits per heavy atom. The van der Waals surface area contributed by atoms with E-state index in [0.717, 1.165) is 16.1 Å². The fourth-order valence-corrected chi connectivity index (χ4v) is 4.84. The van der Waals surface area contributed by atoms with Crippen molar-refractivity contribution < 1.29 is 22.4 Å². The molecule has 0 spiro atoms. The molecular formula is C29H34FN3O4S. The van der Waals surface area contributed by atoms with Crippen molar-refractivity contribution in [2.75, 3.05) is 17.1 Å². The number of carbonyl (C=O) groups excluding carboxylic acids is 2. The number of nitrogens with one attached hydrogen (secondary N) is 1. The van der Waals surface area contributed by atoms with Gasteiger partial charge in [-0.2, -0.15) is 0 Å². The Hall–Kier alpha value is -3.72. The summed E-state index contributed by atoms with van der Waals surface area (Å²) in [6.07, 6.45) is 1.96. The zero-order valence-corrected chi connectivity index (χ0v) is 22.7. The minimum Gasteiger partial charge on any atom is -0.352 e. The van der Waals surface area contributed by atoms with Crippen molar-refractivity contribution in [1.29, 1.82) is 0 Å². The summed E-state index contributed by atoms with van der Waals surface area (Å²) < 4.78 is 40.0. The van der Waals surface area contributed by atoms with Gasteiger partial charge in [0.05, 0.1) is 11.9 Å². The minimum absolute atomic E-state index is 0.00304. The van der Waals surface area contributed by atoms with E-state index >= 15 is 0 Å². The first-order valence-corrected chi connectivity index (χ1v) is 14.3. The van der Waals surface area contributed by atoms with Gasteiger partial charge in [0.15, 0.2) is 0 Å². The van der Waals surface area contributed by atoms with Crippen LogP contribution in [0.5, 0.6) is 0 Å². The molecule has 7 nitrogen and oxygen atoms in total. The van der Waals surface area contributed by atoms with Crippen LogP contribution in [0.25, 0.3) is 0 Å². The van der Waals surface area contributed by atoms with Crippen molar-refractivity contribution >= 4 is 27.5 Å². The molecule has 3 rings (SSSR count). The third kappa shape index (κ3) is 8.14. The molecule has 0 bridgehead atoms. The van der Waals surface area contributed by atoms with Crippen LogP contribution in [0.3, 0.4) is 0 Å². The number of sulfonamides is 1. The summed E-state index contributed by atoms with van der Waals surface area (Å²) in [5.74, 6) is -1.32. The van der Waals surface area contributed by atoms with Crippen molar-refractivity contribution in [2.45, 2.75) is 45.3 Å². The predicted octanol–water partition coefficient (Wildman–Crippen LogP) is 4.15. The van der Waals surface area contributed by atoms with Gasteiger partial charge in [-0.05, 0) is 48.7 Å². The zero-order valence-electron chi connectivity index (χ0n) is 21.9. The maximum Gasteiger partial charge on any atom is 0.244 e. The number of carbonyl (C=O) groups is 2. The highest BCUT2D eigenvalue weighted by atomic mass is 32.2. The molecule has 2 atom stereocenters. The quantitative estimate of drug-likeness (QED) is 0.375. The number of amides is 2. The van der Waals surface area contributed by atoms with Gasteiger partial charge < -0.3 is 10.2 Å².